The lowest BCUT2D eigenvalue weighted by Gasteiger charge is -1.96. The van der Waals surface area contributed by atoms with E-state index in [0.717, 1.165) is 6.08 Å². The molecule has 3 N–H and O–H groups in total. The third kappa shape index (κ3) is 5.42. The van der Waals surface area contributed by atoms with Crippen molar-refractivity contribution in [2.45, 2.75) is 12.8 Å². The van der Waals surface area contributed by atoms with Crippen LogP contribution >= 0.6 is 0 Å². The molecule has 0 aliphatic carbocycles. The van der Waals surface area contributed by atoms with Gasteiger partial charge in [0.2, 0.25) is 0 Å². The molecule has 0 spiro atoms. The lowest BCUT2D eigenvalue weighted by Crippen LogP contribution is -2.07. The summed E-state index contributed by atoms with van der Waals surface area (Å²) in [6.45, 7) is 0. The molecule has 72 valence electrons. The fourth-order valence-electron chi connectivity index (χ4n) is 0.609. The van der Waals surface area contributed by atoms with Crippen LogP contribution in [0.15, 0.2) is 11.6 Å². The van der Waals surface area contributed by atoms with Crippen LogP contribution in [-0.2, 0) is 14.4 Å². The first kappa shape index (κ1) is 11.2. The Balaban J connectivity index is 4.41. The Morgan fingerprint density at radius 3 is 1.85 bits per heavy atom. The zero-order chi connectivity index (χ0) is 10.4. The third-order valence-corrected chi connectivity index (χ3v) is 1.14. The summed E-state index contributed by atoms with van der Waals surface area (Å²) >= 11 is 0. The molecule has 0 heterocycles. The number of rotatable bonds is 5. The maximum absolute atomic E-state index is 10.3. The van der Waals surface area contributed by atoms with Crippen molar-refractivity contribution in [3.05, 3.63) is 11.6 Å². The average Bonchev–Trinajstić information content (AvgIpc) is 1.96. The molecule has 0 aliphatic heterocycles. The summed E-state index contributed by atoms with van der Waals surface area (Å²) in [5.74, 6) is -3.92. The van der Waals surface area contributed by atoms with Crippen molar-refractivity contribution < 1.29 is 29.7 Å². The van der Waals surface area contributed by atoms with Gasteiger partial charge in [-0.05, 0) is 0 Å². The highest BCUT2D eigenvalue weighted by molar-refractivity contribution is 5.92. The largest absolute Gasteiger partial charge is 0.481 e. The van der Waals surface area contributed by atoms with Crippen LogP contribution < -0.4 is 0 Å². The van der Waals surface area contributed by atoms with Gasteiger partial charge in [0, 0.05) is 5.57 Å². The van der Waals surface area contributed by atoms with E-state index in [1.54, 1.807) is 0 Å². The number of aliphatic carboxylic acids is 3. The normalized spacial score (nSPS) is 10.9. The molecule has 0 aromatic heterocycles. The fraction of sp³-hybridized carbons (Fsp3) is 0.286. The molecule has 0 radical (unpaired) electrons. The summed E-state index contributed by atoms with van der Waals surface area (Å²) in [5, 5.41) is 24.9. The highest BCUT2D eigenvalue weighted by Gasteiger charge is 2.11. The SMILES string of the molecule is O=C(O)CC=C(CC(=O)O)C(=O)O. The van der Waals surface area contributed by atoms with E-state index in [0.29, 0.717) is 0 Å². The summed E-state index contributed by atoms with van der Waals surface area (Å²) in [4.78, 5) is 30.5. The summed E-state index contributed by atoms with van der Waals surface area (Å²) in [5.41, 5.74) is -0.421. The summed E-state index contributed by atoms with van der Waals surface area (Å²) in [6, 6.07) is 0. The van der Waals surface area contributed by atoms with Crippen LogP contribution in [-0.4, -0.2) is 33.2 Å². The standard InChI is InChI=1S/C7H8O6/c8-5(9)2-1-4(7(12)13)3-6(10)11/h1H,2-3H2,(H,8,9)(H,10,11)(H,12,13). The van der Waals surface area contributed by atoms with E-state index in [-0.39, 0.29) is 0 Å². The van der Waals surface area contributed by atoms with Gasteiger partial charge in [0.05, 0.1) is 12.8 Å². The second kappa shape index (κ2) is 4.91. The zero-order valence-electron chi connectivity index (χ0n) is 6.56. The van der Waals surface area contributed by atoms with Crippen LogP contribution in [0.1, 0.15) is 12.8 Å². The lowest BCUT2D eigenvalue weighted by atomic mass is 10.1. The first-order chi connectivity index (χ1) is 5.93. The van der Waals surface area contributed by atoms with E-state index in [4.69, 9.17) is 15.3 Å². The summed E-state index contributed by atoms with van der Waals surface area (Å²) < 4.78 is 0. The molecule has 0 fully saturated rings. The predicted octanol–water partition coefficient (Wildman–Crippen LogP) is -0.0532. The molecule has 0 unspecified atom stereocenters. The zero-order valence-corrected chi connectivity index (χ0v) is 6.56. The predicted molar refractivity (Wildman–Crippen MR) is 40.2 cm³/mol. The molecule has 0 aliphatic rings. The Morgan fingerprint density at radius 2 is 1.54 bits per heavy atom. The van der Waals surface area contributed by atoms with Crippen LogP contribution in [0.25, 0.3) is 0 Å². The molecular formula is C7H8O6. The number of hydrogen-bond donors (Lipinski definition) is 3. The molecule has 0 saturated heterocycles. The van der Waals surface area contributed by atoms with Crippen molar-refractivity contribution >= 4 is 17.9 Å². The smallest absolute Gasteiger partial charge is 0.331 e. The van der Waals surface area contributed by atoms with Gasteiger partial charge in [-0.25, -0.2) is 4.79 Å². The van der Waals surface area contributed by atoms with Crippen LogP contribution in [0, 0.1) is 0 Å². The molecule has 0 aromatic rings. The topological polar surface area (TPSA) is 112 Å². The average molecular weight is 188 g/mol. The molecule has 0 amide bonds. The lowest BCUT2D eigenvalue weighted by molar-refractivity contribution is -0.140. The molecule has 0 bridgehead atoms. The molecule has 13 heavy (non-hydrogen) atoms. The van der Waals surface area contributed by atoms with Crippen LogP contribution in [0.5, 0.6) is 0 Å². The van der Waals surface area contributed by atoms with Gasteiger partial charge >= 0.3 is 17.9 Å². The minimum absolute atomic E-state index is 0.421. The van der Waals surface area contributed by atoms with Crippen LogP contribution in [0.4, 0.5) is 0 Å². The minimum atomic E-state index is -1.41. The Labute approximate surface area is 73.1 Å². The van der Waals surface area contributed by atoms with Gasteiger partial charge in [0.1, 0.15) is 0 Å². The van der Waals surface area contributed by atoms with Gasteiger partial charge in [0.15, 0.2) is 0 Å². The van der Waals surface area contributed by atoms with Crippen LogP contribution in [0.2, 0.25) is 0 Å². The van der Waals surface area contributed by atoms with E-state index in [1.165, 1.54) is 0 Å². The molecule has 0 aromatic carbocycles. The summed E-state index contributed by atoms with van der Waals surface area (Å²) in [7, 11) is 0. The van der Waals surface area contributed by atoms with Crippen molar-refractivity contribution in [1.82, 2.24) is 0 Å². The highest BCUT2D eigenvalue weighted by atomic mass is 16.4. The van der Waals surface area contributed by atoms with Gasteiger partial charge < -0.3 is 15.3 Å². The number of carbonyl (C=O) groups is 3. The van der Waals surface area contributed by atoms with Gasteiger partial charge in [-0.3, -0.25) is 9.59 Å². The molecule has 0 rings (SSSR count). The van der Waals surface area contributed by atoms with Crippen molar-refractivity contribution in [3.63, 3.8) is 0 Å². The van der Waals surface area contributed by atoms with Crippen molar-refractivity contribution in [2.24, 2.45) is 0 Å². The molecule has 6 nitrogen and oxygen atoms in total. The highest BCUT2D eigenvalue weighted by Crippen LogP contribution is 2.03. The van der Waals surface area contributed by atoms with Crippen LogP contribution in [0.3, 0.4) is 0 Å². The monoisotopic (exact) mass is 188 g/mol. The number of hydrogen-bond acceptors (Lipinski definition) is 3. The van der Waals surface area contributed by atoms with Gasteiger partial charge in [0.25, 0.3) is 0 Å². The van der Waals surface area contributed by atoms with Crippen molar-refractivity contribution in [1.29, 1.82) is 0 Å². The molecular weight excluding hydrogens is 180 g/mol. The quantitative estimate of drug-likeness (QED) is 0.521. The van der Waals surface area contributed by atoms with Crippen molar-refractivity contribution in [3.8, 4) is 0 Å². The van der Waals surface area contributed by atoms with Gasteiger partial charge in [-0.2, -0.15) is 0 Å². The first-order valence-corrected chi connectivity index (χ1v) is 3.29. The Bertz CT molecular complexity index is 264. The van der Waals surface area contributed by atoms with Crippen molar-refractivity contribution in [2.75, 3.05) is 0 Å². The fourth-order valence-corrected chi connectivity index (χ4v) is 0.609. The Kier molecular flexibility index (Phi) is 4.21. The van der Waals surface area contributed by atoms with E-state index in [9.17, 15) is 14.4 Å². The Hall–Kier alpha value is -1.85. The number of carboxylic acids is 3. The Morgan fingerprint density at radius 1 is 1.00 bits per heavy atom. The number of carboxylic acid groups (broad SMARTS) is 3. The second-order valence-electron chi connectivity index (χ2n) is 2.20. The molecule has 6 heteroatoms. The molecule has 0 saturated carbocycles. The maximum Gasteiger partial charge on any atom is 0.331 e. The maximum atomic E-state index is 10.3. The van der Waals surface area contributed by atoms with E-state index in [2.05, 4.69) is 0 Å². The molecule has 0 atom stereocenters. The minimum Gasteiger partial charge on any atom is -0.481 e. The third-order valence-electron chi connectivity index (χ3n) is 1.14. The van der Waals surface area contributed by atoms with Gasteiger partial charge in [-0.15, -0.1) is 0 Å². The first-order valence-electron chi connectivity index (χ1n) is 3.29. The van der Waals surface area contributed by atoms with E-state index < -0.39 is 36.3 Å². The van der Waals surface area contributed by atoms with Gasteiger partial charge in [-0.1, -0.05) is 6.08 Å². The van der Waals surface area contributed by atoms with E-state index in [1.807, 2.05) is 0 Å². The second-order valence-corrected chi connectivity index (χ2v) is 2.20. The van der Waals surface area contributed by atoms with E-state index >= 15 is 0 Å². The summed E-state index contributed by atoms with van der Waals surface area (Å²) in [6.07, 6.45) is -0.295.